The summed E-state index contributed by atoms with van der Waals surface area (Å²) in [5, 5.41) is 8.42. The minimum Gasteiger partial charge on any atom is -0.317 e. The van der Waals surface area contributed by atoms with Crippen LogP contribution < -0.4 is 10.5 Å². The van der Waals surface area contributed by atoms with E-state index in [9.17, 15) is 8.42 Å². The fourth-order valence-corrected chi connectivity index (χ4v) is 2.78. The molecular formula is C9H21N3O2S. The van der Waals surface area contributed by atoms with E-state index in [-0.39, 0.29) is 0 Å². The van der Waals surface area contributed by atoms with Gasteiger partial charge in [0.05, 0.1) is 0 Å². The number of nitrogens with zero attached hydrogens (tertiary/aromatic N) is 1. The van der Waals surface area contributed by atoms with Gasteiger partial charge in [-0.05, 0) is 38.3 Å². The summed E-state index contributed by atoms with van der Waals surface area (Å²) in [5.41, 5.74) is 0. The highest BCUT2D eigenvalue weighted by molar-refractivity contribution is 7.86. The van der Waals surface area contributed by atoms with E-state index in [2.05, 4.69) is 5.32 Å². The second-order valence-corrected chi connectivity index (χ2v) is 5.64. The van der Waals surface area contributed by atoms with E-state index in [1.54, 1.807) is 0 Å². The fraction of sp³-hybridized carbons (Fsp3) is 1.00. The van der Waals surface area contributed by atoms with Gasteiger partial charge in [-0.1, -0.05) is 6.92 Å². The first-order chi connectivity index (χ1) is 7.04. The molecule has 0 aliphatic carbocycles. The monoisotopic (exact) mass is 235 g/mol. The summed E-state index contributed by atoms with van der Waals surface area (Å²) in [7, 11) is -3.51. The molecule has 5 nitrogen and oxygen atoms in total. The van der Waals surface area contributed by atoms with Crippen LogP contribution in [0.15, 0.2) is 0 Å². The van der Waals surface area contributed by atoms with Crippen molar-refractivity contribution in [3.05, 3.63) is 0 Å². The highest BCUT2D eigenvalue weighted by Crippen LogP contribution is 2.14. The Hall–Kier alpha value is -0.170. The zero-order valence-electron chi connectivity index (χ0n) is 9.28. The van der Waals surface area contributed by atoms with Crippen molar-refractivity contribution in [1.29, 1.82) is 0 Å². The van der Waals surface area contributed by atoms with Gasteiger partial charge in [0.1, 0.15) is 0 Å². The molecule has 0 aromatic carbocycles. The predicted octanol–water partition coefficient (Wildman–Crippen LogP) is -0.0985. The summed E-state index contributed by atoms with van der Waals surface area (Å²) in [4.78, 5) is 0. The van der Waals surface area contributed by atoms with E-state index < -0.39 is 10.2 Å². The van der Waals surface area contributed by atoms with Crippen LogP contribution in [0.4, 0.5) is 0 Å². The van der Waals surface area contributed by atoms with Crippen LogP contribution in [0.25, 0.3) is 0 Å². The molecule has 0 amide bonds. The molecule has 1 heterocycles. The molecule has 0 radical (unpaired) electrons. The standard InChI is InChI=1S/C9H21N3O2S/c1-2-7-12(15(10,13)14)8-9-3-5-11-6-4-9/h9,11H,2-8H2,1H3,(H2,10,13,14). The van der Waals surface area contributed by atoms with Gasteiger partial charge in [0.25, 0.3) is 10.2 Å². The van der Waals surface area contributed by atoms with Crippen LogP contribution >= 0.6 is 0 Å². The molecule has 90 valence electrons. The molecule has 0 saturated carbocycles. The Bertz CT molecular complexity index is 273. The summed E-state index contributed by atoms with van der Waals surface area (Å²) in [6.45, 7) is 5.03. The number of hydrogen-bond donors (Lipinski definition) is 2. The molecule has 15 heavy (non-hydrogen) atoms. The van der Waals surface area contributed by atoms with Gasteiger partial charge < -0.3 is 5.32 Å². The summed E-state index contributed by atoms with van der Waals surface area (Å²) in [6.07, 6.45) is 2.88. The third-order valence-electron chi connectivity index (χ3n) is 2.75. The van der Waals surface area contributed by atoms with Crippen LogP contribution in [0.5, 0.6) is 0 Å². The normalized spacial score (nSPS) is 19.7. The van der Waals surface area contributed by atoms with Crippen LogP contribution in [0.3, 0.4) is 0 Å². The fourth-order valence-electron chi connectivity index (χ4n) is 1.92. The predicted molar refractivity (Wildman–Crippen MR) is 60.6 cm³/mol. The van der Waals surface area contributed by atoms with Crippen LogP contribution in [-0.2, 0) is 10.2 Å². The second-order valence-electron chi connectivity index (χ2n) is 4.10. The molecule has 3 N–H and O–H groups in total. The number of nitrogens with one attached hydrogen (secondary N) is 1. The first-order valence-corrected chi connectivity index (χ1v) is 7.03. The summed E-state index contributed by atoms with van der Waals surface area (Å²) in [6, 6.07) is 0. The topological polar surface area (TPSA) is 75.4 Å². The van der Waals surface area contributed by atoms with Crippen LogP contribution in [0.1, 0.15) is 26.2 Å². The molecule has 0 aromatic heterocycles. The Morgan fingerprint density at radius 3 is 2.47 bits per heavy atom. The van der Waals surface area contributed by atoms with Crippen molar-refractivity contribution in [1.82, 2.24) is 9.62 Å². The van der Waals surface area contributed by atoms with Crippen molar-refractivity contribution in [3.63, 3.8) is 0 Å². The zero-order chi connectivity index (χ0) is 11.3. The van der Waals surface area contributed by atoms with E-state index in [1.807, 2.05) is 6.92 Å². The minimum atomic E-state index is -3.51. The van der Waals surface area contributed by atoms with Gasteiger partial charge in [-0.15, -0.1) is 0 Å². The minimum absolute atomic E-state index is 0.455. The van der Waals surface area contributed by atoms with Crippen molar-refractivity contribution >= 4 is 10.2 Å². The van der Waals surface area contributed by atoms with E-state index in [1.165, 1.54) is 4.31 Å². The molecule has 0 spiro atoms. The molecule has 1 fully saturated rings. The molecule has 1 aliphatic heterocycles. The number of hydrogen-bond acceptors (Lipinski definition) is 3. The van der Waals surface area contributed by atoms with Gasteiger partial charge >= 0.3 is 0 Å². The molecule has 0 unspecified atom stereocenters. The molecule has 1 saturated heterocycles. The average Bonchev–Trinajstić information content (AvgIpc) is 2.17. The lowest BCUT2D eigenvalue weighted by Gasteiger charge is -2.28. The van der Waals surface area contributed by atoms with Crippen molar-refractivity contribution < 1.29 is 8.42 Å². The molecule has 0 atom stereocenters. The van der Waals surface area contributed by atoms with Gasteiger partial charge in [0, 0.05) is 13.1 Å². The third-order valence-corrected chi connectivity index (χ3v) is 3.80. The Kier molecular flexibility index (Phi) is 4.98. The maximum atomic E-state index is 11.3. The lowest BCUT2D eigenvalue weighted by atomic mass is 9.98. The first kappa shape index (κ1) is 12.9. The van der Waals surface area contributed by atoms with Crippen molar-refractivity contribution in [2.24, 2.45) is 11.1 Å². The van der Waals surface area contributed by atoms with Gasteiger partial charge in [-0.25, -0.2) is 5.14 Å². The molecule has 1 rings (SSSR count). The largest absolute Gasteiger partial charge is 0.317 e. The quantitative estimate of drug-likeness (QED) is 0.699. The van der Waals surface area contributed by atoms with Crippen molar-refractivity contribution in [2.75, 3.05) is 26.2 Å². The van der Waals surface area contributed by atoms with Gasteiger partial charge in [-0.3, -0.25) is 0 Å². The Balaban J connectivity index is 2.50. The van der Waals surface area contributed by atoms with Crippen molar-refractivity contribution in [2.45, 2.75) is 26.2 Å². The molecule has 0 aromatic rings. The maximum absolute atomic E-state index is 11.3. The Morgan fingerprint density at radius 1 is 1.40 bits per heavy atom. The van der Waals surface area contributed by atoms with E-state index in [0.717, 1.165) is 32.4 Å². The van der Waals surface area contributed by atoms with Crippen LogP contribution in [-0.4, -0.2) is 38.9 Å². The van der Waals surface area contributed by atoms with Crippen LogP contribution in [0.2, 0.25) is 0 Å². The van der Waals surface area contributed by atoms with Crippen molar-refractivity contribution in [3.8, 4) is 0 Å². The van der Waals surface area contributed by atoms with E-state index in [4.69, 9.17) is 5.14 Å². The SMILES string of the molecule is CCCN(CC1CCNCC1)S(N)(=O)=O. The Morgan fingerprint density at radius 2 is 2.00 bits per heavy atom. The number of piperidine rings is 1. The van der Waals surface area contributed by atoms with E-state index in [0.29, 0.717) is 19.0 Å². The third kappa shape index (κ3) is 4.46. The molecule has 0 bridgehead atoms. The lowest BCUT2D eigenvalue weighted by Crippen LogP contribution is -2.42. The molecular weight excluding hydrogens is 214 g/mol. The zero-order valence-corrected chi connectivity index (χ0v) is 10.1. The summed E-state index contributed by atoms with van der Waals surface area (Å²) >= 11 is 0. The highest BCUT2D eigenvalue weighted by Gasteiger charge is 2.22. The number of rotatable bonds is 5. The maximum Gasteiger partial charge on any atom is 0.276 e. The lowest BCUT2D eigenvalue weighted by molar-refractivity contribution is 0.288. The van der Waals surface area contributed by atoms with Gasteiger partial charge in [-0.2, -0.15) is 12.7 Å². The Labute approximate surface area is 92.2 Å². The molecule has 6 heteroatoms. The molecule has 1 aliphatic rings. The van der Waals surface area contributed by atoms with Gasteiger partial charge in [0.15, 0.2) is 0 Å². The van der Waals surface area contributed by atoms with Gasteiger partial charge in [0.2, 0.25) is 0 Å². The van der Waals surface area contributed by atoms with Crippen LogP contribution in [0, 0.1) is 5.92 Å². The number of nitrogens with two attached hydrogens (primary N) is 1. The second kappa shape index (κ2) is 5.79. The smallest absolute Gasteiger partial charge is 0.276 e. The summed E-state index contributed by atoms with van der Waals surface area (Å²) in [5.74, 6) is 0.455. The first-order valence-electron chi connectivity index (χ1n) is 5.52. The highest BCUT2D eigenvalue weighted by atomic mass is 32.2. The van der Waals surface area contributed by atoms with E-state index >= 15 is 0 Å². The average molecular weight is 235 g/mol. The summed E-state index contributed by atoms with van der Waals surface area (Å²) < 4.78 is 24.0.